The quantitative estimate of drug-likeness (QED) is 0.471. The minimum Gasteiger partial charge on any atom is -0.388 e. The van der Waals surface area contributed by atoms with Gasteiger partial charge in [0.15, 0.2) is 5.58 Å². The highest BCUT2D eigenvalue weighted by Gasteiger charge is 2.13. The Kier molecular flexibility index (Phi) is 11.0. The zero-order valence-electron chi connectivity index (χ0n) is 18.9. The summed E-state index contributed by atoms with van der Waals surface area (Å²) in [5.74, 6) is 1.03. The summed E-state index contributed by atoms with van der Waals surface area (Å²) < 4.78 is 11.7. The van der Waals surface area contributed by atoms with E-state index in [4.69, 9.17) is 4.52 Å². The highest BCUT2D eigenvalue weighted by Crippen LogP contribution is 2.28. The van der Waals surface area contributed by atoms with Gasteiger partial charge in [0.1, 0.15) is 0 Å². The SMILES string of the molecule is CCCC.COC.O=C(Nc1ccc2cnoc2c1)c1ccc(N2CCCCS2)cc1. The molecule has 2 aromatic carbocycles. The molecule has 1 N–H and O–H groups in total. The number of benzene rings is 2. The topological polar surface area (TPSA) is 67.6 Å². The third-order valence-corrected chi connectivity index (χ3v) is 5.71. The minimum absolute atomic E-state index is 0.133. The lowest BCUT2D eigenvalue weighted by Crippen LogP contribution is -2.21. The Hall–Kier alpha value is -2.51. The summed E-state index contributed by atoms with van der Waals surface area (Å²) in [6.45, 7) is 5.42. The fourth-order valence-corrected chi connectivity index (χ4v) is 3.80. The lowest BCUT2D eigenvalue weighted by atomic mass is 10.1. The molecule has 1 aromatic heterocycles. The van der Waals surface area contributed by atoms with Crippen LogP contribution in [0.3, 0.4) is 0 Å². The molecule has 0 radical (unpaired) electrons. The number of fused-ring (bicyclic) bond motifs is 1. The molecule has 3 aromatic rings. The summed E-state index contributed by atoms with van der Waals surface area (Å²) in [6.07, 6.45) is 6.79. The molecule has 0 spiro atoms. The van der Waals surface area contributed by atoms with Crippen molar-refractivity contribution in [3.8, 4) is 0 Å². The van der Waals surface area contributed by atoms with Crippen molar-refractivity contribution in [2.24, 2.45) is 0 Å². The number of anilines is 2. The van der Waals surface area contributed by atoms with Crippen LogP contribution in [0.2, 0.25) is 0 Å². The van der Waals surface area contributed by atoms with E-state index in [9.17, 15) is 4.79 Å². The van der Waals surface area contributed by atoms with Crippen molar-refractivity contribution in [3.63, 3.8) is 0 Å². The second-order valence-electron chi connectivity index (χ2n) is 7.13. The molecule has 168 valence electrons. The van der Waals surface area contributed by atoms with Crippen LogP contribution in [0.4, 0.5) is 11.4 Å². The van der Waals surface area contributed by atoms with E-state index in [-0.39, 0.29) is 5.91 Å². The summed E-state index contributed by atoms with van der Waals surface area (Å²) >= 11 is 1.85. The molecule has 31 heavy (non-hydrogen) atoms. The molecule has 1 aliphatic heterocycles. The third-order valence-electron chi connectivity index (χ3n) is 4.53. The number of rotatable bonds is 4. The summed E-state index contributed by atoms with van der Waals surface area (Å²) in [4.78, 5) is 12.4. The zero-order valence-corrected chi connectivity index (χ0v) is 19.7. The molecular weight excluding hydrogens is 410 g/mol. The van der Waals surface area contributed by atoms with Gasteiger partial charge in [0.05, 0.1) is 6.20 Å². The predicted molar refractivity (Wildman–Crippen MR) is 131 cm³/mol. The second kappa shape index (κ2) is 13.7. The molecule has 0 atom stereocenters. The van der Waals surface area contributed by atoms with E-state index in [0.29, 0.717) is 16.8 Å². The van der Waals surface area contributed by atoms with E-state index in [2.05, 4.69) is 33.4 Å². The van der Waals surface area contributed by atoms with Gasteiger partial charge in [0, 0.05) is 54.9 Å². The van der Waals surface area contributed by atoms with Crippen molar-refractivity contribution in [2.75, 3.05) is 36.1 Å². The number of hydrogen-bond donors (Lipinski definition) is 1. The smallest absolute Gasteiger partial charge is 0.255 e. The Balaban J connectivity index is 0.000000431. The lowest BCUT2D eigenvalue weighted by molar-refractivity contribution is 0.102. The van der Waals surface area contributed by atoms with Crippen molar-refractivity contribution in [1.29, 1.82) is 0 Å². The van der Waals surface area contributed by atoms with Crippen molar-refractivity contribution in [1.82, 2.24) is 5.16 Å². The van der Waals surface area contributed by atoms with Gasteiger partial charge in [-0.15, -0.1) is 0 Å². The first-order valence-corrected chi connectivity index (χ1v) is 11.6. The maximum atomic E-state index is 12.4. The number of unbranched alkanes of at least 4 members (excludes halogenated alkanes) is 1. The molecule has 1 aliphatic rings. The first kappa shape index (κ1) is 24.8. The standard InChI is InChI=1S/C18H17N3O2S.C4H10.C2H6O/c22-18(20-15-6-3-14-12-19-23-17(14)11-15)13-4-7-16(8-5-13)21-9-1-2-10-24-21;1-3-4-2;1-3-2/h3-8,11-12H,1-2,9-10H2,(H,20,22);3-4H2,1-2H3;1-2H3. The lowest BCUT2D eigenvalue weighted by Gasteiger charge is -2.27. The van der Waals surface area contributed by atoms with Crippen molar-refractivity contribution < 1.29 is 14.1 Å². The van der Waals surface area contributed by atoms with Gasteiger partial charge in [-0.1, -0.05) is 31.8 Å². The fraction of sp³-hybridized carbons (Fsp3) is 0.417. The van der Waals surface area contributed by atoms with Crippen molar-refractivity contribution in [2.45, 2.75) is 39.5 Å². The molecular formula is C24H33N3O3S. The first-order chi connectivity index (χ1) is 15.1. The Labute approximate surface area is 189 Å². The number of methoxy groups -OCH3 is 1. The predicted octanol–water partition coefficient (Wildman–Crippen LogP) is 6.40. The third kappa shape index (κ3) is 7.92. The van der Waals surface area contributed by atoms with E-state index in [1.165, 1.54) is 25.7 Å². The van der Waals surface area contributed by atoms with E-state index in [0.717, 1.165) is 23.4 Å². The fourth-order valence-electron chi connectivity index (χ4n) is 2.72. The molecule has 4 rings (SSSR count). The number of ether oxygens (including phenoxy) is 1. The first-order valence-electron chi connectivity index (χ1n) is 10.7. The molecule has 1 amide bonds. The van der Waals surface area contributed by atoms with Gasteiger partial charge < -0.3 is 18.9 Å². The van der Waals surface area contributed by atoms with Crippen LogP contribution in [-0.2, 0) is 4.74 Å². The number of carbonyl (C=O) groups is 1. The van der Waals surface area contributed by atoms with E-state index >= 15 is 0 Å². The number of hydrogen-bond acceptors (Lipinski definition) is 6. The van der Waals surface area contributed by atoms with E-state index < -0.39 is 0 Å². The molecule has 6 nitrogen and oxygen atoms in total. The van der Waals surface area contributed by atoms with Crippen LogP contribution in [0, 0.1) is 0 Å². The second-order valence-corrected chi connectivity index (χ2v) is 8.24. The summed E-state index contributed by atoms with van der Waals surface area (Å²) in [5.41, 5.74) is 3.14. The van der Waals surface area contributed by atoms with Crippen molar-refractivity contribution >= 4 is 40.2 Å². The highest BCUT2D eigenvalue weighted by molar-refractivity contribution is 8.00. The van der Waals surface area contributed by atoms with Gasteiger partial charge in [-0.25, -0.2) is 0 Å². The van der Waals surface area contributed by atoms with Crippen LogP contribution in [0.1, 0.15) is 49.9 Å². The van der Waals surface area contributed by atoms with Crippen molar-refractivity contribution in [3.05, 3.63) is 54.2 Å². The minimum atomic E-state index is -0.133. The number of aromatic nitrogens is 1. The van der Waals surface area contributed by atoms with Gasteiger partial charge >= 0.3 is 0 Å². The summed E-state index contributed by atoms with van der Waals surface area (Å²) in [5, 5.41) is 7.55. The monoisotopic (exact) mass is 443 g/mol. The number of nitrogens with one attached hydrogen (secondary N) is 1. The van der Waals surface area contributed by atoms with Crippen LogP contribution in [0.25, 0.3) is 11.0 Å². The Bertz CT molecular complexity index is 904. The Morgan fingerprint density at radius 1 is 1.13 bits per heavy atom. The molecule has 2 heterocycles. The van der Waals surface area contributed by atoms with Crippen LogP contribution >= 0.6 is 11.9 Å². The van der Waals surface area contributed by atoms with Crippen LogP contribution < -0.4 is 9.62 Å². The number of carbonyl (C=O) groups excluding carboxylic acids is 1. The molecule has 0 bridgehead atoms. The average Bonchev–Trinajstić information content (AvgIpc) is 3.28. The molecule has 1 saturated heterocycles. The molecule has 0 aliphatic carbocycles. The normalized spacial score (nSPS) is 13.0. The summed E-state index contributed by atoms with van der Waals surface area (Å²) in [7, 11) is 3.25. The van der Waals surface area contributed by atoms with Crippen LogP contribution in [0.15, 0.2) is 53.2 Å². The van der Waals surface area contributed by atoms with E-state index in [1.54, 1.807) is 26.5 Å². The van der Waals surface area contributed by atoms with Gasteiger partial charge in [-0.05, 0) is 61.2 Å². The number of nitrogens with zero attached hydrogens (tertiary/aromatic N) is 2. The van der Waals surface area contributed by atoms with Crippen LogP contribution in [-0.4, -0.2) is 37.6 Å². The highest BCUT2D eigenvalue weighted by atomic mass is 32.2. The Morgan fingerprint density at radius 2 is 1.84 bits per heavy atom. The van der Waals surface area contributed by atoms with Gasteiger partial charge in [-0.2, -0.15) is 0 Å². The summed E-state index contributed by atoms with van der Waals surface area (Å²) in [6, 6.07) is 13.2. The maximum absolute atomic E-state index is 12.4. The van der Waals surface area contributed by atoms with Gasteiger partial charge in [0.2, 0.25) is 0 Å². The largest absolute Gasteiger partial charge is 0.388 e. The zero-order chi connectivity index (χ0) is 22.5. The van der Waals surface area contributed by atoms with Gasteiger partial charge in [-0.3, -0.25) is 4.79 Å². The van der Waals surface area contributed by atoms with Gasteiger partial charge in [0.25, 0.3) is 5.91 Å². The number of amides is 1. The molecule has 0 unspecified atom stereocenters. The average molecular weight is 444 g/mol. The molecule has 1 fully saturated rings. The molecule has 7 heteroatoms. The maximum Gasteiger partial charge on any atom is 0.255 e. The van der Waals surface area contributed by atoms with E-state index in [1.807, 2.05) is 48.3 Å². The van der Waals surface area contributed by atoms with Crippen LogP contribution in [0.5, 0.6) is 0 Å². The molecule has 0 saturated carbocycles. The Morgan fingerprint density at radius 3 is 2.45 bits per heavy atom.